The number of sulfone groups is 1. The monoisotopic (exact) mass is 808 g/mol. The van der Waals surface area contributed by atoms with E-state index in [1.807, 2.05) is 0 Å². The summed E-state index contributed by atoms with van der Waals surface area (Å²) < 4.78 is 97.5. The van der Waals surface area contributed by atoms with Gasteiger partial charge in [-0.15, -0.1) is 10.2 Å². The molecule has 0 spiro atoms. The molecule has 0 saturated carbocycles. The zero-order chi connectivity index (χ0) is 38.1. The maximum Gasteiger partial charge on any atom is 1.00 e. The number of aromatic hydroxyl groups is 2. The molecule has 53 heavy (non-hydrogen) atoms. The van der Waals surface area contributed by atoms with E-state index in [9.17, 15) is 54.2 Å². The van der Waals surface area contributed by atoms with E-state index in [4.69, 9.17) is 0 Å². The van der Waals surface area contributed by atoms with Gasteiger partial charge in [0.05, 0.1) is 52.9 Å². The standard InChI is InChI=1S/C30H32N6O12S3.2Na/c1-5-35-27(37)23(15-49(41,42)43)17(3)25(29(35)39)33-31-19-9-7-11-21(13-19)51(47,48)22-12-8-10-20(14-22)32-34-26-18(4)24(16-50(44,45)46)28(38)36(6-2)30(26)40;;/h7-14,37-38H,5-6,15-16H2,1-4H3,(H,41,42,43)(H,44,45,46);;/q;2*+1/p-2. The number of rotatable bonds is 12. The van der Waals surface area contributed by atoms with Gasteiger partial charge in [-0.1, -0.05) is 12.1 Å². The molecule has 0 atom stereocenters. The Labute approximate surface area is 348 Å². The van der Waals surface area contributed by atoms with Gasteiger partial charge in [0.25, 0.3) is 11.1 Å². The fraction of sp³-hybridized carbons (Fsp3) is 0.267. The minimum absolute atomic E-state index is 0. The maximum absolute atomic E-state index is 13.6. The van der Waals surface area contributed by atoms with E-state index < -0.39 is 64.5 Å². The molecule has 18 nitrogen and oxygen atoms in total. The summed E-state index contributed by atoms with van der Waals surface area (Å²) in [6.45, 7) is 5.36. The quantitative estimate of drug-likeness (QED) is 0.0880. The molecule has 0 amide bonds. The molecule has 0 radical (unpaired) electrons. The number of hydrogen-bond donors (Lipinski definition) is 2. The van der Waals surface area contributed by atoms with Gasteiger partial charge in [-0.2, -0.15) is 10.2 Å². The SMILES string of the molecule is CCn1c(O)c(CS(=O)(=O)[O-])c(C)c(N=Nc2cccc(S(=O)(=O)c3cccc(N=Nc4c(C)c(CS(=O)(=O)[O-])c(O)n(CC)c4=O)c3)c2)c1=O.[Na+].[Na+]. The summed E-state index contributed by atoms with van der Waals surface area (Å²) >= 11 is 0. The molecule has 272 valence electrons. The summed E-state index contributed by atoms with van der Waals surface area (Å²) in [4.78, 5) is 25.4. The largest absolute Gasteiger partial charge is 1.00 e. The van der Waals surface area contributed by atoms with E-state index in [0.29, 0.717) is 0 Å². The molecular weight excluding hydrogens is 779 g/mol. The Balaban J connectivity index is 0.00000486. The van der Waals surface area contributed by atoms with Crippen molar-refractivity contribution in [1.82, 2.24) is 9.13 Å². The van der Waals surface area contributed by atoms with Crippen LogP contribution in [0.1, 0.15) is 36.1 Å². The van der Waals surface area contributed by atoms with Crippen LogP contribution in [0.5, 0.6) is 11.8 Å². The summed E-state index contributed by atoms with van der Waals surface area (Å²) in [5.74, 6) is -3.64. The first-order chi connectivity index (χ1) is 23.7. The average molecular weight is 809 g/mol. The van der Waals surface area contributed by atoms with E-state index in [1.165, 1.54) is 64.1 Å². The number of nitrogens with zero attached hydrogens (tertiary/aromatic N) is 6. The van der Waals surface area contributed by atoms with Crippen LogP contribution in [0.25, 0.3) is 0 Å². The minimum atomic E-state index is -4.86. The van der Waals surface area contributed by atoms with Crippen molar-refractivity contribution in [2.75, 3.05) is 0 Å². The third-order valence-corrected chi connectivity index (χ3v) is 10.7. The fourth-order valence-electron chi connectivity index (χ4n) is 5.01. The molecule has 0 unspecified atom stereocenters. The Morgan fingerprint density at radius 1 is 0.623 bits per heavy atom. The molecule has 0 aliphatic rings. The van der Waals surface area contributed by atoms with Crippen LogP contribution >= 0.6 is 0 Å². The first kappa shape index (κ1) is 46.1. The summed E-state index contributed by atoms with van der Waals surface area (Å²) in [6.07, 6.45) is 0. The number of pyridine rings is 2. The Kier molecular flexibility index (Phi) is 15.7. The Morgan fingerprint density at radius 2 is 0.962 bits per heavy atom. The van der Waals surface area contributed by atoms with Crippen LogP contribution in [0.2, 0.25) is 0 Å². The van der Waals surface area contributed by atoms with E-state index in [1.54, 1.807) is 0 Å². The second-order valence-corrected chi connectivity index (χ2v) is 15.7. The minimum Gasteiger partial charge on any atom is -0.748 e. The average Bonchev–Trinajstić information content (AvgIpc) is 3.05. The molecule has 4 aromatic rings. The van der Waals surface area contributed by atoms with Gasteiger partial charge in [-0.3, -0.25) is 18.7 Å². The van der Waals surface area contributed by atoms with Gasteiger partial charge >= 0.3 is 59.1 Å². The second kappa shape index (κ2) is 18.0. The first-order valence-corrected chi connectivity index (χ1v) is 19.4. The van der Waals surface area contributed by atoms with Gasteiger partial charge in [0.2, 0.25) is 9.84 Å². The molecule has 0 saturated heterocycles. The maximum atomic E-state index is 13.6. The summed E-state index contributed by atoms with van der Waals surface area (Å²) in [5.41, 5.74) is -3.38. The van der Waals surface area contributed by atoms with Crippen molar-refractivity contribution in [3.05, 3.63) is 91.5 Å². The van der Waals surface area contributed by atoms with Crippen molar-refractivity contribution in [3.63, 3.8) is 0 Å². The topological polar surface area (TPSA) is 282 Å². The number of benzene rings is 2. The molecule has 2 aromatic carbocycles. The summed E-state index contributed by atoms with van der Waals surface area (Å²) in [7, 11) is -14.0. The molecule has 23 heteroatoms. The Morgan fingerprint density at radius 3 is 1.26 bits per heavy atom. The molecule has 2 aromatic heterocycles. The van der Waals surface area contributed by atoms with Gasteiger partial charge < -0.3 is 19.3 Å². The van der Waals surface area contributed by atoms with Crippen molar-refractivity contribution in [3.8, 4) is 11.8 Å². The number of hydrogen-bond acceptors (Lipinski definition) is 16. The zero-order valence-corrected chi connectivity index (χ0v) is 35.8. The molecule has 2 heterocycles. The Bertz CT molecular complexity index is 2400. The second-order valence-electron chi connectivity index (χ2n) is 11.0. The van der Waals surface area contributed by atoms with Crippen LogP contribution < -0.4 is 70.2 Å². The first-order valence-electron chi connectivity index (χ1n) is 14.8. The van der Waals surface area contributed by atoms with E-state index in [2.05, 4.69) is 20.5 Å². The van der Waals surface area contributed by atoms with Crippen molar-refractivity contribution in [1.29, 1.82) is 0 Å². The predicted molar refractivity (Wildman–Crippen MR) is 179 cm³/mol. The van der Waals surface area contributed by atoms with Gasteiger partial charge in [0.1, 0.15) is 0 Å². The Hall–Kier alpha value is -3.09. The van der Waals surface area contributed by atoms with Crippen molar-refractivity contribution in [2.24, 2.45) is 20.5 Å². The van der Waals surface area contributed by atoms with Crippen LogP contribution in [-0.4, -0.2) is 53.7 Å². The molecule has 0 aliphatic heterocycles. The molecule has 0 aliphatic carbocycles. The molecule has 0 fully saturated rings. The van der Waals surface area contributed by atoms with E-state index in [0.717, 1.165) is 21.3 Å². The zero-order valence-electron chi connectivity index (χ0n) is 29.3. The molecule has 0 bridgehead atoms. The normalized spacial score (nSPS) is 12.2. The molecule has 4 rings (SSSR count). The number of azo groups is 2. The van der Waals surface area contributed by atoms with Gasteiger partial charge in [0.15, 0.2) is 23.1 Å². The fourth-order valence-corrected chi connectivity index (χ4v) is 7.75. The summed E-state index contributed by atoms with van der Waals surface area (Å²) in [5, 5.41) is 36.6. The van der Waals surface area contributed by atoms with Crippen LogP contribution in [0.15, 0.2) is 88.4 Å². The molecule has 2 N–H and O–H groups in total. The van der Waals surface area contributed by atoms with E-state index >= 15 is 0 Å². The van der Waals surface area contributed by atoms with Crippen LogP contribution in [-0.2, 0) is 54.7 Å². The van der Waals surface area contributed by atoms with Crippen molar-refractivity contribution in [2.45, 2.75) is 62.1 Å². The van der Waals surface area contributed by atoms with Crippen molar-refractivity contribution >= 4 is 52.8 Å². The third-order valence-electron chi connectivity index (χ3n) is 7.62. The third kappa shape index (κ3) is 10.6. The van der Waals surface area contributed by atoms with Crippen LogP contribution in [0, 0.1) is 13.8 Å². The summed E-state index contributed by atoms with van der Waals surface area (Å²) in [6, 6.07) is 10.2. The molecular formula is C30H30N6Na2O12S3. The smallest absolute Gasteiger partial charge is 0.748 e. The van der Waals surface area contributed by atoms with Gasteiger partial charge in [0, 0.05) is 24.2 Å². The van der Waals surface area contributed by atoms with E-state index in [-0.39, 0.29) is 127 Å². The van der Waals surface area contributed by atoms with Crippen molar-refractivity contribution < 1.29 is 104 Å². The van der Waals surface area contributed by atoms with Crippen LogP contribution in [0.3, 0.4) is 0 Å². The van der Waals surface area contributed by atoms with Crippen LogP contribution in [0.4, 0.5) is 22.7 Å². The van der Waals surface area contributed by atoms with Gasteiger partial charge in [-0.05, 0) is 75.2 Å². The predicted octanol–water partition coefficient (Wildman–Crippen LogP) is -2.16. The van der Waals surface area contributed by atoms with Gasteiger partial charge in [-0.25, -0.2) is 25.3 Å². The number of aromatic nitrogens is 2.